The van der Waals surface area contributed by atoms with E-state index in [1.807, 2.05) is 0 Å². The lowest BCUT2D eigenvalue weighted by atomic mass is 10.2. The maximum atomic E-state index is 13.1. The maximum absolute atomic E-state index is 13.1. The van der Waals surface area contributed by atoms with Crippen LogP contribution in [0, 0.1) is 5.82 Å². The third-order valence-corrected chi connectivity index (χ3v) is 3.08. The minimum absolute atomic E-state index is 0.104. The van der Waals surface area contributed by atoms with Crippen molar-refractivity contribution in [3.05, 3.63) is 57.0 Å². The molecule has 1 heterocycles. The molecule has 0 aliphatic rings. The number of benzene rings is 1. The van der Waals surface area contributed by atoms with Gasteiger partial charge in [-0.25, -0.2) is 9.37 Å². The highest BCUT2D eigenvalue weighted by Gasteiger charge is 2.10. The van der Waals surface area contributed by atoms with Crippen molar-refractivity contribution in [3.8, 4) is 0 Å². The zero-order valence-corrected chi connectivity index (χ0v) is 11.5. The molecule has 0 spiro atoms. The van der Waals surface area contributed by atoms with Crippen LogP contribution in [0.15, 0.2) is 30.5 Å². The van der Waals surface area contributed by atoms with Gasteiger partial charge in [0, 0.05) is 16.9 Å². The van der Waals surface area contributed by atoms with Gasteiger partial charge in [-0.15, -0.1) is 0 Å². The van der Waals surface area contributed by atoms with Crippen LogP contribution >= 0.6 is 34.8 Å². The summed E-state index contributed by atoms with van der Waals surface area (Å²) in [5, 5.41) is 2.93. The topological polar surface area (TPSA) is 42.0 Å². The van der Waals surface area contributed by atoms with Crippen molar-refractivity contribution in [1.82, 2.24) is 4.98 Å². The van der Waals surface area contributed by atoms with Crippen molar-refractivity contribution in [2.24, 2.45) is 0 Å². The Kier molecular flexibility index (Phi) is 4.24. The molecule has 1 aromatic carbocycles. The highest BCUT2D eigenvalue weighted by atomic mass is 35.5. The number of carbonyl (C=O) groups excluding carboxylic acids is 1. The van der Waals surface area contributed by atoms with Crippen LogP contribution in [-0.4, -0.2) is 10.9 Å². The lowest BCUT2D eigenvalue weighted by molar-refractivity contribution is 0.102. The smallest absolute Gasteiger partial charge is 0.257 e. The molecule has 0 aliphatic carbocycles. The molecule has 0 unspecified atom stereocenters. The molecule has 3 nitrogen and oxygen atoms in total. The Morgan fingerprint density at radius 3 is 2.53 bits per heavy atom. The quantitative estimate of drug-likeness (QED) is 0.832. The van der Waals surface area contributed by atoms with E-state index < -0.39 is 11.7 Å². The fraction of sp³-hybridized carbons (Fsp3) is 0. The van der Waals surface area contributed by atoms with Crippen LogP contribution in [0.2, 0.25) is 15.2 Å². The van der Waals surface area contributed by atoms with Crippen molar-refractivity contribution in [1.29, 1.82) is 0 Å². The Labute approximate surface area is 123 Å². The highest BCUT2D eigenvalue weighted by molar-refractivity contribution is 6.41. The molecule has 7 heteroatoms. The molecular weight excluding hydrogens is 314 g/mol. The van der Waals surface area contributed by atoms with Gasteiger partial charge in [-0.3, -0.25) is 4.79 Å². The number of pyridine rings is 1. The van der Waals surface area contributed by atoms with Crippen LogP contribution in [0.4, 0.5) is 10.1 Å². The third-order valence-electron chi connectivity index (χ3n) is 2.18. The molecule has 0 aliphatic heterocycles. The monoisotopic (exact) mass is 318 g/mol. The van der Waals surface area contributed by atoms with Crippen molar-refractivity contribution in [2.45, 2.75) is 0 Å². The van der Waals surface area contributed by atoms with Gasteiger partial charge in [0.25, 0.3) is 5.91 Å². The van der Waals surface area contributed by atoms with Gasteiger partial charge in [0.15, 0.2) is 0 Å². The summed E-state index contributed by atoms with van der Waals surface area (Å²) < 4.78 is 13.1. The average molecular weight is 320 g/mol. The van der Waals surface area contributed by atoms with Crippen LogP contribution in [0.5, 0.6) is 0 Å². The molecule has 0 saturated carbocycles. The van der Waals surface area contributed by atoms with Crippen LogP contribution in [-0.2, 0) is 0 Å². The minimum atomic E-state index is -0.546. The summed E-state index contributed by atoms with van der Waals surface area (Å²) in [4.78, 5) is 15.6. The molecule has 0 radical (unpaired) electrons. The standard InChI is InChI=1S/C12H6Cl3FN2O/c13-7-2-8(16)4-9(3-7)18-12(19)6-1-10(14)11(15)17-5-6/h1-5H,(H,18,19). The number of amides is 1. The minimum Gasteiger partial charge on any atom is -0.322 e. The fourth-order valence-electron chi connectivity index (χ4n) is 1.37. The molecule has 0 saturated heterocycles. The molecule has 2 aromatic rings. The fourth-order valence-corrected chi connectivity index (χ4v) is 1.87. The number of nitrogens with zero attached hydrogens (tertiary/aromatic N) is 1. The lowest BCUT2D eigenvalue weighted by Crippen LogP contribution is -2.12. The van der Waals surface area contributed by atoms with Gasteiger partial charge in [-0.1, -0.05) is 34.8 Å². The molecular formula is C12H6Cl3FN2O. The van der Waals surface area contributed by atoms with Gasteiger partial charge < -0.3 is 5.32 Å². The molecule has 19 heavy (non-hydrogen) atoms. The normalized spacial score (nSPS) is 10.3. The Morgan fingerprint density at radius 1 is 1.16 bits per heavy atom. The maximum Gasteiger partial charge on any atom is 0.257 e. The largest absolute Gasteiger partial charge is 0.322 e. The van der Waals surface area contributed by atoms with E-state index >= 15 is 0 Å². The SMILES string of the molecule is O=C(Nc1cc(F)cc(Cl)c1)c1cnc(Cl)c(Cl)c1. The summed E-state index contributed by atoms with van der Waals surface area (Å²) in [6, 6.07) is 5.08. The summed E-state index contributed by atoms with van der Waals surface area (Å²) in [5.41, 5.74) is 0.441. The first-order chi connectivity index (χ1) is 8.95. The van der Waals surface area contributed by atoms with Crippen LogP contribution in [0.25, 0.3) is 0 Å². The van der Waals surface area contributed by atoms with E-state index in [0.717, 1.165) is 12.1 Å². The van der Waals surface area contributed by atoms with E-state index in [0.29, 0.717) is 0 Å². The van der Waals surface area contributed by atoms with Gasteiger partial charge in [-0.05, 0) is 24.3 Å². The first kappa shape index (κ1) is 14.1. The second-order valence-electron chi connectivity index (χ2n) is 3.61. The van der Waals surface area contributed by atoms with Gasteiger partial charge in [0.05, 0.1) is 10.6 Å². The van der Waals surface area contributed by atoms with Crippen LogP contribution < -0.4 is 5.32 Å². The number of carbonyl (C=O) groups is 1. The molecule has 98 valence electrons. The van der Waals surface area contributed by atoms with E-state index in [4.69, 9.17) is 34.8 Å². The Hall–Kier alpha value is -1.36. The first-order valence-corrected chi connectivity index (χ1v) is 6.17. The van der Waals surface area contributed by atoms with Crippen molar-refractivity contribution in [2.75, 3.05) is 5.32 Å². The van der Waals surface area contributed by atoms with E-state index in [-0.39, 0.29) is 26.4 Å². The zero-order valence-electron chi connectivity index (χ0n) is 9.25. The number of hydrogen-bond donors (Lipinski definition) is 1. The Bertz CT molecular complexity index is 629. The van der Waals surface area contributed by atoms with Gasteiger partial charge in [0.1, 0.15) is 11.0 Å². The number of anilines is 1. The number of hydrogen-bond acceptors (Lipinski definition) is 2. The molecule has 0 bridgehead atoms. The van der Waals surface area contributed by atoms with Crippen molar-refractivity contribution in [3.63, 3.8) is 0 Å². The van der Waals surface area contributed by atoms with Crippen molar-refractivity contribution < 1.29 is 9.18 Å². The molecule has 2 rings (SSSR count). The number of halogens is 4. The van der Waals surface area contributed by atoms with Gasteiger partial charge in [-0.2, -0.15) is 0 Å². The molecule has 1 aromatic heterocycles. The van der Waals surface area contributed by atoms with Gasteiger partial charge in [0.2, 0.25) is 0 Å². The summed E-state index contributed by atoms with van der Waals surface area (Å²) in [5.74, 6) is -1.04. The predicted molar refractivity (Wildman–Crippen MR) is 73.6 cm³/mol. The average Bonchev–Trinajstić information content (AvgIpc) is 2.31. The summed E-state index contributed by atoms with van der Waals surface area (Å²) >= 11 is 17.1. The Balaban J connectivity index is 2.22. The number of aromatic nitrogens is 1. The third kappa shape index (κ3) is 3.56. The van der Waals surface area contributed by atoms with Gasteiger partial charge >= 0.3 is 0 Å². The molecule has 1 N–H and O–H groups in total. The van der Waals surface area contributed by atoms with E-state index in [9.17, 15) is 9.18 Å². The highest BCUT2D eigenvalue weighted by Crippen LogP contribution is 2.22. The summed E-state index contributed by atoms with van der Waals surface area (Å²) in [6.07, 6.45) is 1.27. The summed E-state index contributed by atoms with van der Waals surface area (Å²) in [6.45, 7) is 0. The first-order valence-electron chi connectivity index (χ1n) is 5.04. The number of rotatable bonds is 2. The Morgan fingerprint density at radius 2 is 1.89 bits per heavy atom. The second kappa shape index (κ2) is 5.74. The number of nitrogens with one attached hydrogen (secondary N) is 1. The zero-order chi connectivity index (χ0) is 14.0. The van der Waals surface area contributed by atoms with Crippen LogP contribution in [0.1, 0.15) is 10.4 Å². The van der Waals surface area contributed by atoms with E-state index in [1.54, 1.807) is 0 Å². The van der Waals surface area contributed by atoms with E-state index in [1.165, 1.54) is 18.3 Å². The predicted octanol–water partition coefficient (Wildman–Crippen LogP) is 4.43. The summed E-state index contributed by atoms with van der Waals surface area (Å²) in [7, 11) is 0. The second-order valence-corrected chi connectivity index (χ2v) is 4.81. The lowest BCUT2D eigenvalue weighted by Gasteiger charge is -2.06. The van der Waals surface area contributed by atoms with Crippen LogP contribution in [0.3, 0.4) is 0 Å². The molecule has 1 amide bonds. The molecule has 0 atom stereocenters. The van der Waals surface area contributed by atoms with E-state index in [2.05, 4.69) is 10.3 Å². The van der Waals surface area contributed by atoms with Crippen molar-refractivity contribution >= 4 is 46.4 Å². The molecule has 0 fully saturated rings.